The summed E-state index contributed by atoms with van der Waals surface area (Å²) in [5.74, 6) is -0.388. The number of nitrogens with zero attached hydrogens (tertiary/aromatic N) is 1. The minimum Gasteiger partial charge on any atom is -0.755 e. The summed E-state index contributed by atoms with van der Waals surface area (Å²) in [6.45, 7) is 1.96. The maximum absolute atomic E-state index is 13.0. The van der Waals surface area contributed by atoms with Crippen molar-refractivity contribution in [2.75, 3.05) is 9.62 Å². The second-order valence-electron chi connectivity index (χ2n) is 7.26. The predicted octanol–water partition coefficient (Wildman–Crippen LogP) is 5.85. The van der Waals surface area contributed by atoms with E-state index in [0.717, 1.165) is 21.0 Å². The number of anilines is 3. The number of nitrogens with one attached hydrogen (secondary N) is 1. The number of amides is 1. The van der Waals surface area contributed by atoms with Crippen LogP contribution in [0.5, 0.6) is 0 Å². The van der Waals surface area contributed by atoms with Crippen LogP contribution in [0.25, 0.3) is 11.1 Å². The highest BCUT2D eigenvalue weighted by Crippen LogP contribution is 2.32. The second-order valence-corrected chi connectivity index (χ2v) is 8.06. The number of hydrogen-bond acceptors (Lipinski definition) is 3. The minimum atomic E-state index is -2.63. The van der Waals surface area contributed by atoms with Crippen molar-refractivity contribution in [3.63, 3.8) is 0 Å². The molecule has 0 spiro atoms. The Kier molecular flexibility index (Phi) is 6.44. The summed E-state index contributed by atoms with van der Waals surface area (Å²) in [5, 5.41) is 2.84. The number of carbonyl (C=O) groups excluding carboxylic acids is 1. The van der Waals surface area contributed by atoms with E-state index in [1.165, 1.54) is 0 Å². The lowest BCUT2D eigenvalue weighted by atomic mass is 10.1. The smallest absolute Gasteiger partial charge is 0.257 e. The molecule has 1 amide bonds. The van der Waals surface area contributed by atoms with Crippen LogP contribution in [0.15, 0.2) is 103 Å². The molecule has 0 aliphatic rings. The van der Waals surface area contributed by atoms with E-state index in [9.17, 15) is 13.6 Å². The van der Waals surface area contributed by atoms with E-state index in [1.54, 1.807) is 36.4 Å². The summed E-state index contributed by atoms with van der Waals surface area (Å²) in [6, 6.07) is 31.0. The van der Waals surface area contributed by atoms with E-state index in [2.05, 4.69) is 5.32 Å². The van der Waals surface area contributed by atoms with E-state index in [1.807, 2.05) is 73.7 Å². The van der Waals surface area contributed by atoms with Gasteiger partial charge in [0, 0.05) is 5.69 Å². The molecule has 0 aliphatic heterocycles. The molecule has 4 aromatic rings. The Hall–Kier alpha value is -3.74. The first kappa shape index (κ1) is 21.5. The summed E-state index contributed by atoms with van der Waals surface area (Å²) in [5.41, 5.74) is 4.69. The van der Waals surface area contributed by atoms with E-state index in [0.29, 0.717) is 11.4 Å². The SMILES string of the molecule is Cc1ccc(NC(=O)c2ccccc2N(c2ccc(-c3ccccc3)cc2)S(=O)[O-])cc1. The number of carbonyl (C=O) groups is 1. The average molecular weight is 442 g/mol. The van der Waals surface area contributed by atoms with Gasteiger partial charge in [-0.1, -0.05) is 72.3 Å². The van der Waals surface area contributed by atoms with Gasteiger partial charge in [0.2, 0.25) is 0 Å². The van der Waals surface area contributed by atoms with Crippen LogP contribution in [-0.2, 0) is 11.3 Å². The average Bonchev–Trinajstić information content (AvgIpc) is 2.82. The summed E-state index contributed by atoms with van der Waals surface area (Å²) in [4.78, 5) is 13.0. The van der Waals surface area contributed by atoms with Gasteiger partial charge < -0.3 is 9.87 Å². The Morgan fingerprint density at radius 1 is 0.781 bits per heavy atom. The van der Waals surface area contributed by atoms with Gasteiger partial charge in [0.1, 0.15) is 0 Å². The van der Waals surface area contributed by atoms with Gasteiger partial charge >= 0.3 is 0 Å². The second kappa shape index (κ2) is 9.60. The van der Waals surface area contributed by atoms with Gasteiger partial charge in [-0.3, -0.25) is 13.3 Å². The lowest BCUT2D eigenvalue weighted by Gasteiger charge is -2.28. The van der Waals surface area contributed by atoms with Gasteiger partial charge in [-0.2, -0.15) is 0 Å². The third-order valence-corrected chi connectivity index (χ3v) is 5.74. The normalized spacial score (nSPS) is 11.6. The molecule has 0 saturated heterocycles. The highest BCUT2D eigenvalue weighted by atomic mass is 32.2. The first-order valence-corrected chi connectivity index (χ1v) is 11.1. The standard InChI is InChI=1S/C26H22N2O3S/c1-19-11-15-22(16-12-19)27-26(29)24-9-5-6-10-25(24)28(32(30)31)23-17-13-21(14-18-23)20-7-3-2-4-8-20/h2-18H,1H3,(H,27,29)(H,30,31)/p-1. The van der Waals surface area contributed by atoms with Crippen LogP contribution in [0.4, 0.5) is 17.1 Å². The fourth-order valence-corrected chi connectivity index (χ4v) is 4.02. The van der Waals surface area contributed by atoms with Crippen molar-refractivity contribution in [1.82, 2.24) is 0 Å². The molecule has 0 bridgehead atoms. The summed E-state index contributed by atoms with van der Waals surface area (Å²) >= 11 is -2.63. The number of aryl methyl sites for hydroxylation is 1. The van der Waals surface area contributed by atoms with Crippen molar-refractivity contribution in [3.8, 4) is 11.1 Å². The van der Waals surface area contributed by atoms with E-state index in [-0.39, 0.29) is 17.2 Å². The van der Waals surface area contributed by atoms with Crippen LogP contribution < -0.4 is 9.62 Å². The molecule has 0 radical (unpaired) electrons. The molecule has 5 nitrogen and oxygen atoms in total. The molecular weight excluding hydrogens is 420 g/mol. The highest BCUT2D eigenvalue weighted by Gasteiger charge is 2.19. The van der Waals surface area contributed by atoms with Gasteiger partial charge in [-0.25, -0.2) is 0 Å². The largest absolute Gasteiger partial charge is 0.755 e. The predicted molar refractivity (Wildman–Crippen MR) is 129 cm³/mol. The summed E-state index contributed by atoms with van der Waals surface area (Å²) in [7, 11) is 0. The summed E-state index contributed by atoms with van der Waals surface area (Å²) in [6.07, 6.45) is 0. The molecule has 1 atom stereocenters. The Bertz CT molecular complexity index is 1240. The number of benzene rings is 4. The van der Waals surface area contributed by atoms with Crippen molar-refractivity contribution in [1.29, 1.82) is 0 Å². The van der Waals surface area contributed by atoms with Crippen molar-refractivity contribution >= 4 is 34.2 Å². The van der Waals surface area contributed by atoms with Gasteiger partial charge in [0.15, 0.2) is 0 Å². The molecule has 6 heteroatoms. The molecule has 0 heterocycles. The molecule has 1 N–H and O–H groups in total. The zero-order chi connectivity index (χ0) is 22.5. The number of hydrogen-bond donors (Lipinski definition) is 1. The van der Waals surface area contributed by atoms with Crippen LogP contribution in [0.1, 0.15) is 15.9 Å². The maximum Gasteiger partial charge on any atom is 0.257 e. The molecule has 160 valence electrons. The Morgan fingerprint density at radius 3 is 2.03 bits per heavy atom. The topological polar surface area (TPSA) is 72.5 Å². The lowest BCUT2D eigenvalue weighted by molar-refractivity contribution is 0.102. The third kappa shape index (κ3) is 4.77. The van der Waals surface area contributed by atoms with E-state index < -0.39 is 11.3 Å². The minimum absolute atomic E-state index is 0.254. The highest BCUT2D eigenvalue weighted by molar-refractivity contribution is 7.81. The molecule has 1 unspecified atom stereocenters. The van der Waals surface area contributed by atoms with E-state index >= 15 is 0 Å². The molecule has 0 fully saturated rings. The van der Waals surface area contributed by atoms with Gasteiger partial charge in [-0.05, 0) is 54.4 Å². The number of rotatable bonds is 6. The molecule has 4 aromatic carbocycles. The molecule has 0 aromatic heterocycles. The zero-order valence-corrected chi connectivity index (χ0v) is 18.2. The van der Waals surface area contributed by atoms with Gasteiger partial charge in [0.25, 0.3) is 5.91 Å². The summed E-state index contributed by atoms with van der Waals surface area (Å²) < 4.78 is 25.6. The zero-order valence-electron chi connectivity index (χ0n) is 17.4. The van der Waals surface area contributed by atoms with Crippen LogP contribution in [0.2, 0.25) is 0 Å². The van der Waals surface area contributed by atoms with E-state index in [4.69, 9.17) is 0 Å². The van der Waals surface area contributed by atoms with Crippen molar-refractivity contribution < 1.29 is 13.6 Å². The van der Waals surface area contributed by atoms with Crippen LogP contribution in [0.3, 0.4) is 0 Å². The van der Waals surface area contributed by atoms with Crippen LogP contribution in [-0.4, -0.2) is 14.7 Å². The monoisotopic (exact) mass is 441 g/mol. The van der Waals surface area contributed by atoms with Crippen LogP contribution >= 0.6 is 0 Å². The first-order valence-electron chi connectivity index (χ1n) is 10.0. The Morgan fingerprint density at radius 2 is 1.38 bits per heavy atom. The van der Waals surface area contributed by atoms with Gasteiger partial charge in [0.05, 0.1) is 28.2 Å². The van der Waals surface area contributed by atoms with Crippen molar-refractivity contribution in [2.45, 2.75) is 6.92 Å². The molecule has 0 saturated carbocycles. The molecule has 32 heavy (non-hydrogen) atoms. The molecular formula is C26H21N2O3S-. The van der Waals surface area contributed by atoms with Crippen LogP contribution in [0, 0.1) is 6.92 Å². The third-order valence-electron chi connectivity index (χ3n) is 5.03. The Balaban J connectivity index is 1.67. The van der Waals surface area contributed by atoms with Crippen molar-refractivity contribution in [3.05, 3.63) is 114 Å². The fraction of sp³-hybridized carbons (Fsp3) is 0.0385. The Labute approximate surface area is 189 Å². The maximum atomic E-state index is 13.0. The lowest BCUT2D eigenvalue weighted by Crippen LogP contribution is -2.23. The quantitative estimate of drug-likeness (QED) is 0.382. The number of para-hydroxylation sites is 1. The molecule has 4 rings (SSSR count). The fourth-order valence-electron chi connectivity index (χ4n) is 3.40. The molecule has 0 aliphatic carbocycles. The first-order chi connectivity index (χ1) is 15.5. The van der Waals surface area contributed by atoms with Gasteiger partial charge in [-0.15, -0.1) is 0 Å². The van der Waals surface area contributed by atoms with Crippen molar-refractivity contribution in [2.24, 2.45) is 0 Å².